The van der Waals surface area contributed by atoms with Crippen molar-refractivity contribution < 1.29 is 5.21 Å². The van der Waals surface area contributed by atoms with Crippen molar-refractivity contribution in [3.8, 4) is 6.07 Å². The highest BCUT2D eigenvalue weighted by Gasteiger charge is 1.88. The van der Waals surface area contributed by atoms with Crippen molar-refractivity contribution in [2.75, 3.05) is 0 Å². The monoisotopic (exact) mass is 108 g/mol. The molecule has 0 aromatic carbocycles. The van der Waals surface area contributed by atoms with Crippen molar-refractivity contribution in [3.05, 3.63) is 24.0 Å². The first-order chi connectivity index (χ1) is 3.83. The zero-order valence-corrected chi connectivity index (χ0v) is 4.07. The summed E-state index contributed by atoms with van der Waals surface area (Å²) in [5.41, 5.74) is 0.465. The van der Waals surface area contributed by atoms with Crippen LogP contribution in [0, 0.1) is 11.3 Å². The highest BCUT2D eigenvalue weighted by molar-refractivity contribution is 5.24. The number of hydrogen-bond acceptors (Lipinski definition) is 2. The van der Waals surface area contributed by atoms with Gasteiger partial charge in [-0.05, 0) is 6.07 Å². The van der Waals surface area contributed by atoms with E-state index >= 15 is 0 Å². The second kappa shape index (κ2) is 1.58. The molecule has 8 heavy (non-hydrogen) atoms. The molecule has 0 aliphatic heterocycles. The summed E-state index contributed by atoms with van der Waals surface area (Å²) in [5, 5.41) is 16.7. The van der Waals surface area contributed by atoms with Crippen LogP contribution in [0.4, 0.5) is 0 Å². The predicted molar refractivity (Wildman–Crippen MR) is 26.3 cm³/mol. The number of hydrogen-bond donors (Lipinski definition) is 1. The van der Waals surface area contributed by atoms with Crippen LogP contribution < -0.4 is 0 Å². The molecule has 1 N–H and O–H groups in total. The number of nitriles is 1. The number of aromatic nitrogens is 1. The summed E-state index contributed by atoms with van der Waals surface area (Å²) in [6, 6.07) is 3.39. The van der Waals surface area contributed by atoms with Crippen LogP contribution in [0.3, 0.4) is 0 Å². The summed E-state index contributed by atoms with van der Waals surface area (Å²) in [6.45, 7) is 0. The lowest BCUT2D eigenvalue weighted by molar-refractivity contribution is 0.187. The number of nitrogens with zero attached hydrogens (tertiary/aromatic N) is 2. The van der Waals surface area contributed by atoms with Gasteiger partial charge in [0.2, 0.25) is 0 Å². The Morgan fingerprint density at radius 2 is 2.50 bits per heavy atom. The van der Waals surface area contributed by atoms with Crippen molar-refractivity contribution >= 4 is 0 Å². The summed E-state index contributed by atoms with van der Waals surface area (Å²) in [4.78, 5) is 0. The molecule has 0 atom stereocenters. The molecule has 0 bridgehead atoms. The molecule has 0 saturated heterocycles. The maximum absolute atomic E-state index is 8.55. The van der Waals surface area contributed by atoms with Crippen LogP contribution in [-0.2, 0) is 0 Å². The SMILES string of the molecule is N#Cc1ccn(O)c1. The molecule has 0 unspecified atom stereocenters. The van der Waals surface area contributed by atoms with E-state index in [0.717, 1.165) is 4.73 Å². The van der Waals surface area contributed by atoms with Gasteiger partial charge in [0.1, 0.15) is 6.07 Å². The quantitative estimate of drug-likeness (QED) is 0.494. The highest BCUT2D eigenvalue weighted by atomic mass is 16.5. The van der Waals surface area contributed by atoms with Gasteiger partial charge in [0.15, 0.2) is 0 Å². The molecule has 0 radical (unpaired) electrons. The minimum atomic E-state index is 0.465. The Morgan fingerprint density at radius 3 is 2.75 bits per heavy atom. The molecule has 0 spiro atoms. The minimum absolute atomic E-state index is 0.465. The van der Waals surface area contributed by atoms with E-state index in [1.54, 1.807) is 0 Å². The van der Waals surface area contributed by atoms with Crippen LogP contribution in [0.1, 0.15) is 5.56 Å². The van der Waals surface area contributed by atoms with Crippen molar-refractivity contribution in [3.63, 3.8) is 0 Å². The summed E-state index contributed by atoms with van der Waals surface area (Å²) in [7, 11) is 0. The Kier molecular flexibility index (Phi) is 0.935. The third-order valence-corrected chi connectivity index (χ3v) is 0.807. The first-order valence-electron chi connectivity index (χ1n) is 2.10. The maximum atomic E-state index is 8.55. The van der Waals surface area contributed by atoms with Crippen LogP contribution in [0.15, 0.2) is 18.5 Å². The van der Waals surface area contributed by atoms with Crippen molar-refractivity contribution in [1.82, 2.24) is 4.73 Å². The van der Waals surface area contributed by atoms with Crippen LogP contribution in [0.25, 0.3) is 0 Å². The average molecular weight is 108 g/mol. The fraction of sp³-hybridized carbons (Fsp3) is 0. The smallest absolute Gasteiger partial charge is 0.101 e. The van der Waals surface area contributed by atoms with Gasteiger partial charge >= 0.3 is 0 Å². The lowest BCUT2D eigenvalue weighted by Crippen LogP contribution is -1.79. The van der Waals surface area contributed by atoms with E-state index in [2.05, 4.69) is 0 Å². The van der Waals surface area contributed by atoms with Gasteiger partial charge in [-0.25, -0.2) is 4.73 Å². The molecule has 0 amide bonds. The molecule has 1 heterocycles. The van der Waals surface area contributed by atoms with Gasteiger partial charge in [-0.1, -0.05) is 0 Å². The van der Waals surface area contributed by atoms with E-state index in [1.807, 2.05) is 6.07 Å². The Labute approximate surface area is 46.4 Å². The number of rotatable bonds is 0. The molecular formula is C5H4N2O. The Balaban J connectivity index is 3.05. The largest absolute Gasteiger partial charge is 0.429 e. The van der Waals surface area contributed by atoms with Crippen molar-refractivity contribution in [2.45, 2.75) is 0 Å². The first-order valence-corrected chi connectivity index (χ1v) is 2.10. The molecule has 0 saturated carbocycles. The van der Waals surface area contributed by atoms with E-state index in [9.17, 15) is 0 Å². The second-order valence-electron chi connectivity index (χ2n) is 1.39. The van der Waals surface area contributed by atoms with Gasteiger partial charge in [0, 0.05) is 6.20 Å². The summed E-state index contributed by atoms with van der Waals surface area (Å²) in [5.74, 6) is 0. The predicted octanol–water partition coefficient (Wildman–Crippen LogP) is 0.597. The third kappa shape index (κ3) is 0.636. The van der Waals surface area contributed by atoms with Crippen LogP contribution in [0.5, 0.6) is 0 Å². The molecule has 1 rings (SSSR count). The topological polar surface area (TPSA) is 49.0 Å². The van der Waals surface area contributed by atoms with Gasteiger partial charge in [0.25, 0.3) is 0 Å². The Hall–Kier alpha value is -1.43. The van der Waals surface area contributed by atoms with Gasteiger partial charge in [-0.15, -0.1) is 0 Å². The van der Waals surface area contributed by atoms with Crippen LogP contribution >= 0.6 is 0 Å². The van der Waals surface area contributed by atoms with E-state index in [-0.39, 0.29) is 0 Å². The zero-order chi connectivity index (χ0) is 5.98. The summed E-state index contributed by atoms with van der Waals surface area (Å²) in [6.07, 6.45) is 2.73. The van der Waals surface area contributed by atoms with Gasteiger partial charge in [0.05, 0.1) is 11.8 Å². The Morgan fingerprint density at radius 1 is 1.75 bits per heavy atom. The first kappa shape index (κ1) is 4.72. The average Bonchev–Trinajstić information content (AvgIpc) is 2.14. The second-order valence-corrected chi connectivity index (χ2v) is 1.39. The molecule has 3 heteroatoms. The van der Waals surface area contributed by atoms with Crippen LogP contribution in [-0.4, -0.2) is 9.94 Å². The molecule has 0 fully saturated rings. The normalized spacial score (nSPS) is 8.38. The molecule has 40 valence electrons. The Bertz CT molecular complexity index is 221. The highest BCUT2D eigenvalue weighted by Crippen LogP contribution is 1.93. The molecule has 1 aromatic rings. The van der Waals surface area contributed by atoms with Crippen LogP contribution in [0.2, 0.25) is 0 Å². The van der Waals surface area contributed by atoms with Crippen molar-refractivity contribution in [1.29, 1.82) is 5.26 Å². The molecule has 0 aliphatic carbocycles. The third-order valence-electron chi connectivity index (χ3n) is 0.807. The lowest BCUT2D eigenvalue weighted by Gasteiger charge is -1.80. The molecule has 1 aromatic heterocycles. The fourth-order valence-corrected chi connectivity index (χ4v) is 0.451. The molecule has 3 nitrogen and oxygen atoms in total. The van der Waals surface area contributed by atoms with E-state index < -0.39 is 0 Å². The van der Waals surface area contributed by atoms with E-state index in [4.69, 9.17) is 10.5 Å². The fourth-order valence-electron chi connectivity index (χ4n) is 0.451. The standard InChI is InChI=1S/C5H4N2O/c6-3-5-1-2-7(8)4-5/h1-2,4,8H. The lowest BCUT2D eigenvalue weighted by atomic mass is 10.4. The van der Waals surface area contributed by atoms with Gasteiger partial charge in [-0.2, -0.15) is 5.26 Å². The van der Waals surface area contributed by atoms with Crippen molar-refractivity contribution in [2.24, 2.45) is 0 Å². The van der Waals surface area contributed by atoms with Gasteiger partial charge in [-0.3, -0.25) is 0 Å². The summed E-state index contributed by atoms with van der Waals surface area (Å²) < 4.78 is 0.846. The van der Waals surface area contributed by atoms with E-state index in [1.165, 1.54) is 18.5 Å². The molecule has 0 aliphatic rings. The van der Waals surface area contributed by atoms with Gasteiger partial charge < -0.3 is 5.21 Å². The maximum Gasteiger partial charge on any atom is 0.101 e. The minimum Gasteiger partial charge on any atom is -0.429 e. The summed E-state index contributed by atoms with van der Waals surface area (Å²) >= 11 is 0. The molecular weight excluding hydrogens is 104 g/mol. The van der Waals surface area contributed by atoms with E-state index in [0.29, 0.717) is 5.56 Å². The zero-order valence-electron chi connectivity index (χ0n) is 4.07.